The molecule has 0 aromatic heterocycles. The summed E-state index contributed by atoms with van der Waals surface area (Å²) in [6.45, 7) is 0. The van der Waals surface area contributed by atoms with Gasteiger partial charge in [0.15, 0.2) is 0 Å². The summed E-state index contributed by atoms with van der Waals surface area (Å²) in [7, 11) is 1.66. The van der Waals surface area contributed by atoms with Gasteiger partial charge in [0.05, 0.1) is 12.9 Å². The summed E-state index contributed by atoms with van der Waals surface area (Å²) in [5.74, 6) is 2.56. The lowest BCUT2D eigenvalue weighted by Gasteiger charge is -2.45. The van der Waals surface area contributed by atoms with E-state index >= 15 is 0 Å². The van der Waals surface area contributed by atoms with Gasteiger partial charge in [-0.3, -0.25) is 4.79 Å². The number of carbonyl (C=O) groups is 1. The van der Waals surface area contributed by atoms with Crippen LogP contribution in [0.25, 0.3) is 0 Å². The Hall–Kier alpha value is -1.20. The van der Waals surface area contributed by atoms with E-state index in [1.165, 1.54) is 19.3 Å². The predicted molar refractivity (Wildman–Crippen MR) is 93.7 cm³/mol. The number of hydrogen-bond acceptors (Lipinski definition) is 4. The van der Waals surface area contributed by atoms with E-state index < -0.39 is 0 Å². The Kier molecular flexibility index (Phi) is 5.49. The molecule has 2 fully saturated rings. The van der Waals surface area contributed by atoms with Crippen LogP contribution < -0.4 is 15.8 Å². The van der Waals surface area contributed by atoms with E-state index in [-0.39, 0.29) is 5.91 Å². The van der Waals surface area contributed by atoms with Crippen LogP contribution in [0, 0.1) is 11.8 Å². The molecule has 0 radical (unpaired) electrons. The van der Waals surface area contributed by atoms with Gasteiger partial charge in [-0.25, -0.2) is 0 Å². The second-order valence-corrected chi connectivity index (χ2v) is 7.79. The van der Waals surface area contributed by atoms with Gasteiger partial charge in [-0.2, -0.15) is 0 Å². The van der Waals surface area contributed by atoms with Gasteiger partial charge in [-0.1, -0.05) is 12.5 Å². The van der Waals surface area contributed by atoms with Crippen molar-refractivity contribution in [3.8, 4) is 5.75 Å². The van der Waals surface area contributed by atoms with Gasteiger partial charge in [0.1, 0.15) is 5.75 Å². The van der Waals surface area contributed by atoms with E-state index in [0.29, 0.717) is 29.7 Å². The molecule has 5 heteroatoms. The van der Waals surface area contributed by atoms with Crippen LogP contribution >= 0.6 is 11.8 Å². The van der Waals surface area contributed by atoms with Crippen LogP contribution in [0.1, 0.15) is 32.1 Å². The molecule has 1 aromatic rings. The van der Waals surface area contributed by atoms with Crippen molar-refractivity contribution in [1.29, 1.82) is 0 Å². The van der Waals surface area contributed by atoms with E-state index in [0.717, 1.165) is 23.5 Å². The zero-order chi connectivity index (χ0) is 16.2. The molecule has 2 aliphatic carbocycles. The van der Waals surface area contributed by atoms with Crippen molar-refractivity contribution in [2.45, 2.75) is 49.1 Å². The topological polar surface area (TPSA) is 64.3 Å². The number of hydrogen-bond donors (Lipinski definition) is 2. The highest BCUT2D eigenvalue weighted by Crippen LogP contribution is 2.39. The molecule has 3 rings (SSSR count). The number of nitrogens with one attached hydrogen (secondary N) is 1. The fourth-order valence-electron chi connectivity index (χ4n) is 4.09. The number of amides is 1. The van der Waals surface area contributed by atoms with E-state index in [9.17, 15) is 4.79 Å². The predicted octanol–water partition coefficient (Wildman–Crippen LogP) is 2.81. The molecule has 2 bridgehead atoms. The number of rotatable bonds is 5. The molecule has 3 N–H and O–H groups in total. The van der Waals surface area contributed by atoms with Crippen LogP contribution in [0.2, 0.25) is 0 Å². The first kappa shape index (κ1) is 16.7. The number of fused-ring (bicyclic) bond motifs is 2. The van der Waals surface area contributed by atoms with Crippen molar-refractivity contribution >= 4 is 17.7 Å². The van der Waals surface area contributed by atoms with Crippen LogP contribution in [0.15, 0.2) is 29.2 Å². The van der Waals surface area contributed by atoms with E-state index in [2.05, 4.69) is 5.32 Å². The minimum Gasteiger partial charge on any atom is -0.497 e. The molecule has 2 aliphatic rings. The maximum absolute atomic E-state index is 12.4. The molecule has 2 saturated carbocycles. The van der Waals surface area contributed by atoms with Gasteiger partial charge in [0, 0.05) is 17.0 Å². The molecule has 2 unspecified atom stereocenters. The molecular weight excluding hydrogens is 308 g/mol. The average Bonchev–Trinajstić information content (AvgIpc) is 2.54. The number of benzene rings is 1. The molecule has 1 aromatic carbocycles. The quantitative estimate of drug-likeness (QED) is 0.813. The number of thioether (sulfide) groups is 1. The Labute approximate surface area is 142 Å². The van der Waals surface area contributed by atoms with Crippen LogP contribution in [-0.2, 0) is 4.79 Å². The molecule has 1 amide bonds. The fourth-order valence-corrected chi connectivity index (χ4v) is 4.85. The lowest BCUT2D eigenvalue weighted by Crippen LogP contribution is -2.54. The number of methoxy groups -OCH3 is 1. The summed E-state index contributed by atoms with van der Waals surface area (Å²) in [6, 6.07) is 8.50. The average molecular weight is 334 g/mol. The maximum atomic E-state index is 12.4. The first-order valence-electron chi connectivity index (χ1n) is 8.47. The summed E-state index contributed by atoms with van der Waals surface area (Å²) >= 11 is 1.56. The zero-order valence-electron chi connectivity index (χ0n) is 13.7. The molecule has 126 valence electrons. The maximum Gasteiger partial charge on any atom is 0.230 e. The molecule has 4 nitrogen and oxygen atoms in total. The van der Waals surface area contributed by atoms with Gasteiger partial charge < -0.3 is 15.8 Å². The summed E-state index contributed by atoms with van der Waals surface area (Å²) in [6.07, 6.45) is 5.82. The van der Waals surface area contributed by atoms with Crippen LogP contribution in [0.4, 0.5) is 0 Å². The number of nitrogens with two attached hydrogens (primary N) is 1. The van der Waals surface area contributed by atoms with Crippen molar-refractivity contribution in [1.82, 2.24) is 5.32 Å². The molecule has 23 heavy (non-hydrogen) atoms. The van der Waals surface area contributed by atoms with E-state index in [4.69, 9.17) is 10.5 Å². The molecule has 0 aliphatic heterocycles. The lowest BCUT2D eigenvalue weighted by molar-refractivity contribution is -0.120. The Morgan fingerprint density at radius 1 is 1.35 bits per heavy atom. The summed E-state index contributed by atoms with van der Waals surface area (Å²) in [4.78, 5) is 13.4. The van der Waals surface area contributed by atoms with Crippen molar-refractivity contribution < 1.29 is 9.53 Å². The number of ether oxygens (including phenoxy) is 1. The molecule has 2 atom stereocenters. The molecule has 0 spiro atoms. The van der Waals surface area contributed by atoms with E-state index in [1.54, 1.807) is 18.9 Å². The molecule has 0 heterocycles. The van der Waals surface area contributed by atoms with Crippen molar-refractivity contribution in [3.63, 3.8) is 0 Å². The largest absolute Gasteiger partial charge is 0.497 e. The SMILES string of the molecule is COc1cccc(SCC(=O)NC2C3CCCC2CC(N)C3)c1. The Morgan fingerprint density at radius 2 is 2.09 bits per heavy atom. The summed E-state index contributed by atoms with van der Waals surface area (Å²) in [5, 5.41) is 3.29. The monoisotopic (exact) mass is 334 g/mol. The second-order valence-electron chi connectivity index (χ2n) is 6.74. The number of carbonyl (C=O) groups excluding carboxylic acids is 1. The van der Waals surface area contributed by atoms with E-state index in [1.807, 2.05) is 24.3 Å². The van der Waals surface area contributed by atoms with Crippen molar-refractivity contribution in [2.24, 2.45) is 17.6 Å². The standard InChI is InChI=1S/C18H26N2O2S/c1-22-15-6-3-7-16(10-15)23-11-17(21)20-18-12-4-2-5-13(18)9-14(19)8-12/h3,6-7,10,12-14,18H,2,4-5,8-9,11,19H2,1H3,(H,20,21). The van der Waals surface area contributed by atoms with Gasteiger partial charge >= 0.3 is 0 Å². The van der Waals surface area contributed by atoms with Gasteiger partial charge in [0.25, 0.3) is 0 Å². The van der Waals surface area contributed by atoms with Gasteiger partial charge in [-0.15, -0.1) is 11.8 Å². The highest BCUT2D eigenvalue weighted by molar-refractivity contribution is 8.00. The normalized spacial score (nSPS) is 29.8. The third-order valence-electron chi connectivity index (χ3n) is 5.12. The van der Waals surface area contributed by atoms with Crippen LogP contribution in [0.5, 0.6) is 5.75 Å². The summed E-state index contributed by atoms with van der Waals surface area (Å²) in [5.41, 5.74) is 6.15. The van der Waals surface area contributed by atoms with Gasteiger partial charge in [-0.05, 0) is 55.7 Å². The fraction of sp³-hybridized carbons (Fsp3) is 0.611. The van der Waals surface area contributed by atoms with Crippen LogP contribution in [-0.4, -0.2) is 30.9 Å². The highest BCUT2D eigenvalue weighted by Gasteiger charge is 2.39. The molecule has 0 saturated heterocycles. The third kappa shape index (κ3) is 4.21. The molecular formula is C18H26N2O2S. The first-order chi connectivity index (χ1) is 11.2. The third-order valence-corrected chi connectivity index (χ3v) is 6.11. The lowest BCUT2D eigenvalue weighted by atomic mass is 9.67. The Morgan fingerprint density at radius 3 is 2.78 bits per heavy atom. The van der Waals surface area contributed by atoms with Gasteiger partial charge in [0.2, 0.25) is 5.91 Å². The van der Waals surface area contributed by atoms with Crippen molar-refractivity contribution in [3.05, 3.63) is 24.3 Å². The zero-order valence-corrected chi connectivity index (χ0v) is 14.5. The van der Waals surface area contributed by atoms with Crippen molar-refractivity contribution in [2.75, 3.05) is 12.9 Å². The highest BCUT2D eigenvalue weighted by atomic mass is 32.2. The minimum absolute atomic E-state index is 0.134. The Balaban J connectivity index is 1.53. The van der Waals surface area contributed by atoms with Crippen LogP contribution in [0.3, 0.4) is 0 Å². The first-order valence-corrected chi connectivity index (χ1v) is 9.46. The Bertz CT molecular complexity index is 538. The smallest absolute Gasteiger partial charge is 0.230 e. The minimum atomic E-state index is 0.134. The summed E-state index contributed by atoms with van der Waals surface area (Å²) < 4.78 is 5.22. The second kappa shape index (κ2) is 7.58.